The smallest absolute Gasteiger partial charge is 0.416 e. The first-order valence-electron chi connectivity index (χ1n) is 13.7. The lowest BCUT2D eigenvalue weighted by Gasteiger charge is -2.61. The van der Waals surface area contributed by atoms with Gasteiger partial charge in [-0.05, 0) is 68.6 Å². The molecule has 8 heteroatoms. The molecular formula is C28H44N2O6. The second-order valence-electron chi connectivity index (χ2n) is 12.5. The van der Waals surface area contributed by atoms with Crippen molar-refractivity contribution in [2.24, 2.45) is 39.7 Å². The molecule has 0 spiro atoms. The molecule has 4 aliphatic carbocycles. The van der Waals surface area contributed by atoms with E-state index >= 15 is 0 Å². The molecule has 8 nitrogen and oxygen atoms in total. The van der Waals surface area contributed by atoms with Crippen LogP contribution in [-0.4, -0.2) is 47.4 Å². The van der Waals surface area contributed by atoms with Gasteiger partial charge in [0.2, 0.25) is 0 Å². The van der Waals surface area contributed by atoms with Crippen LogP contribution in [0, 0.1) is 34.0 Å². The lowest BCUT2D eigenvalue weighted by Crippen LogP contribution is -2.63. The van der Waals surface area contributed by atoms with Crippen molar-refractivity contribution in [2.45, 2.75) is 110 Å². The predicted molar refractivity (Wildman–Crippen MR) is 135 cm³/mol. The number of ether oxygens (including phenoxy) is 2. The van der Waals surface area contributed by atoms with Crippen LogP contribution in [0.4, 0.5) is 9.59 Å². The van der Waals surface area contributed by atoms with E-state index in [0.29, 0.717) is 25.7 Å². The van der Waals surface area contributed by atoms with Gasteiger partial charge in [-0.15, -0.1) is 6.58 Å². The third-order valence-electron chi connectivity index (χ3n) is 10.7. The fraction of sp³-hybridized carbons (Fsp3) is 0.821. The second-order valence-corrected chi connectivity index (χ2v) is 12.5. The lowest BCUT2D eigenvalue weighted by molar-refractivity contribution is -0.191. The van der Waals surface area contributed by atoms with Crippen LogP contribution >= 0.6 is 0 Å². The van der Waals surface area contributed by atoms with Gasteiger partial charge in [0.1, 0.15) is 18.0 Å². The SMILES string of the molecule is C=C[C@]1(C)C[C@@H](OC(=O)NC(=O)OC2CCC(N)CC2)[C@]2(C)[C@H](C)CC[C@]3(CCC(=O)[C@H]32)[C@@H](C)[C@@H]1O. The van der Waals surface area contributed by atoms with E-state index in [1.54, 1.807) is 6.08 Å². The van der Waals surface area contributed by atoms with Gasteiger partial charge < -0.3 is 20.3 Å². The number of amides is 2. The molecule has 0 unspecified atom stereocenters. The Hall–Kier alpha value is -1.93. The van der Waals surface area contributed by atoms with Crippen molar-refractivity contribution in [1.82, 2.24) is 5.32 Å². The molecule has 36 heavy (non-hydrogen) atoms. The molecule has 2 bridgehead atoms. The third-order valence-corrected chi connectivity index (χ3v) is 10.7. The zero-order chi connectivity index (χ0) is 26.5. The summed E-state index contributed by atoms with van der Waals surface area (Å²) < 4.78 is 11.4. The molecule has 0 aromatic heterocycles. The molecule has 0 radical (unpaired) electrons. The van der Waals surface area contributed by atoms with Gasteiger partial charge in [-0.1, -0.05) is 33.8 Å². The van der Waals surface area contributed by atoms with Crippen molar-refractivity contribution >= 4 is 18.0 Å². The van der Waals surface area contributed by atoms with E-state index in [9.17, 15) is 19.5 Å². The van der Waals surface area contributed by atoms with E-state index in [1.807, 2.05) is 6.92 Å². The number of carbonyl (C=O) groups excluding carboxylic acids is 3. The van der Waals surface area contributed by atoms with Crippen LogP contribution in [0.2, 0.25) is 0 Å². The van der Waals surface area contributed by atoms with E-state index in [2.05, 4.69) is 32.7 Å². The van der Waals surface area contributed by atoms with Gasteiger partial charge in [0.05, 0.1) is 6.10 Å². The van der Waals surface area contributed by atoms with Crippen molar-refractivity contribution in [3.05, 3.63) is 12.7 Å². The summed E-state index contributed by atoms with van der Waals surface area (Å²) in [6, 6.07) is 0.123. The van der Waals surface area contributed by atoms with Gasteiger partial charge in [0, 0.05) is 29.2 Å². The number of hydrogen-bond acceptors (Lipinski definition) is 7. The lowest BCUT2D eigenvalue weighted by atomic mass is 9.44. The monoisotopic (exact) mass is 504 g/mol. The number of nitrogens with one attached hydrogen (secondary N) is 1. The van der Waals surface area contributed by atoms with E-state index < -0.39 is 35.2 Å². The summed E-state index contributed by atoms with van der Waals surface area (Å²) in [7, 11) is 0. The van der Waals surface area contributed by atoms with Crippen LogP contribution in [0.5, 0.6) is 0 Å². The molecule has 4 saturated carbocycles. The molecule has 4 rings (SSSR count). The van der Waals surface area contributed by atoms with Gasteiger partial charge >= 0.3 is 12.2 Å². The van der Waals surface area contributed by atoms with Crippen molar-refractivity contribution in [3.8, 4) is 0 Å². The Morgan fingerprint density at radius 2 is 1.72 bits per heavy atom. The number of alkyl carbamates (subject to hydrolysis) is 2. The van der Waals surface area contributed by atoms with Gasteiger partial charge in [-0.3, -0.25) is 4.79 Å². The Kier molecular flexibility index (Phi) is 7.34. The normalized spacial score (nSPS) is 46.6. The van der Waals surface area contributed by atoms with Gasteiger partial charge in [0.15, 0.2) is 0 Å². The highest BCUT2D eigenvalue weighted by Gasteiger charge is 2.68. The maximum atomic E-state index is 13.4. The Morgan fingerprint density at radius 3 is 2.36 bits per heavy atom. The third kappa shape index (κ3) is 4.38. The van der Waals surface area contributed by atoms with Crippen molar-refractivity contribution in [1.29, 1.82) is 0 Å². The highest BCUT2D eigenvalue weighted by atomic mass is 16.6. The topological polar surface area (TPSA) is 128 Å². The summed E-state index contributed by atoms with van der Waals surface area (Å²) >= 11 is 0. The quantitative estimate of drug-likeness (QED) is 0.483. The molecule has 0 aromatic carbocycles. The molecule has 4 N–H and O–H groups in total. The number of aliphatic hydroxyl groups is 1. The highest BCUT2D eigenvalue weighted by Crippen LogP contribution is 2.67. The minimum atomic E-state index is -0.887. The molecule has 4 fully saturated rings. The number of imide groups is 1. The zero-order valence-corrected chi connectivity index (χ0v) is 22.3. The Bertz CT molecular complexity index is 900. The summed E-state index contributed by atoms with van der Waals surface area (Å²) in [6.45, 7) is 12.2. The summed E-state index contributed by atoms with van der Waals surface area (Å²) in [4.78, 5) is 38.9. The minimum Gasteiger partial charge on any atom is -0.446 e. The Balaban J connectivity index is 1.59. The van der Waals surface area contributed by atoms with Crippen LogP contribution in [-0.2, 0) is 14.3 Å². The average Bonchev–Trinajstić information content (AvgIpc) is 3.19. The summed E-state index contributed by atoms with van der Waals surface area (Å²) in [5, 5.41) is 13.8. The summed E-state index contributed by atoms with van der Waals surface area (Å²) in [5.74, 6) is -0.110. The number of hydrogen-bond donors (Lipinski definition) is 3. The molecule has 0 aliphatic heterocycles. The minimum absolute atomic E-state index is 0.0999. The van der Waals surface area contributed by atoms with Gasteiger partial charge in [-0.25, -0.2) is 14.9 Å². The molecule has 2 amide bonds. The molecule has 202 valence electrons. The van der Waals surface area contributed by atoms with E-state index in [0.717, 1.165) is 32.1 Å². The first-order valence-corrected chi connectivity index (χ1v) is 13.7. The van der Waals surface area contributed by atoms with Crippen LogP contribution in [0.3, 0.4) is 0 Å². The number of aliphatic hydroxyl groups excluding tert-OH is 1. The number of carbonyl (C=O) groups is 3. The summed E-state index contributed by atoms with van der Waals surface area (Å²) in [6.07, 6.45) is 4.49. The maximum Gasteiger partial charge on any atom is 0.416 e. The van der Waals surface area contributed by atoms with Crippen molar-refractivity contribution in [3.63, 3.8) is 0 Å². The average molecular weight is 505 g/mol. The molecule has 8 atom stereocenters. The zero-order valence-electron chi connectivity index (χ0n) is 22.3. The van der Waals surface area contributed by atoms with Crippen molar-refractivity contribution in [2.75, 3.05) is 0 Å². The highest BCUT2D eigenvalue weighted by molar-refractivity contribution is 5.88. The van der Waals surface area contributed by atoms with Gasteiger partial charge in [0.25, 0.3) is 0 Å². The predicted octanol–water partition coefficient (Wildman–Crippen LogP) is 4.48. The number of rotatable bonds is 3. The molecular weight excluding hydrogens is 460 g/mol. The van der Waals surface area contributed by atoms with E-state index in [4.69, 9.17) is 15.2 Å². The largest absolute Gasteiger partial charge is 0.446 e. The number of nitrogens with two attached hydrogens (primary N) is 1. The van der Waals surface area contributed by atoms with Crippen LogP contribution < -0.4 is 11.1 Å². The van der Waals surface area contributed by atoms with Crippen LogP contribution in [0.15, 0.2) is 12.7 Å². The van der Waals surface area contributed by atoms with Crippen molar-refractivity contribution < 1.29 is 29.0 Å². The fourth-order valence-electron chi connectivity index (χ4n) is 8.13. The standard InChI is InChI=1S/C28H44N2O6/c1-6-26(4)15-21(36-25(34)30-24(33)35-19-9-7-18(29)8-10-19)27(5)16(2)11-13-28(17(3)23(26)32)14-12-20(31)22(27)28/h6,16-19,21-23,32H,1,7-15,29H2,2-5H3,(H,30,33,34)/t16-,17+,18?,19?,21-,22+,23+,26-,27+,28+/m1/s1. The summed E-state index contributed by atoms with van der Waals surface area (Å²) in [5.41, 5.74) is 4.21. The van der Waals surface area contributed by atoms with Crippen LogP contribution in [0.1, 0.15) is 85.5 Å². The fourth-order valence-corrected chi connectivity index (χ4v) is 8.13. The first kappa shape index (κ1) is 27.1. The second kappa shape index (κ2) is 9.75. The Morgan fingerprint density at radius 1 is 1.08 bits per heavy atom. The molecule has 4 aliphatic rings. The molecule has 0 heterocycles. The van der Waals surface area contributed by atoms with E-state index in [1.165, 1.54) is 0 Å². The Labute approximate surface area is 214 Å². The molecule has 0 saturated heterocycles. The number of ketones is 1. The number of Topliss-reactive ketones (excluding diaryl/α,β-unsaturated/α-hetero) is 1. The van der Waals surface area contributed by atoms with Gasteiger partial charge in [-0.2, -0.15) is 0 Å². The van der Waals surface area contributed by atoms with E-state index in [-0.39, 0.29) is 41.1 Å². The van der Waals surface area contributed by atoms with Crippen LogP contribution in [0.25, 0.3) is 0 Å². The molecule has 0 aromatic rings. The first-order chi connectivity index (χ1) is 16.9. The maximum absolute atomic E-state index is 13.4.